The SMILES string of the molecule is O=C(NCCCN1CCOCC1)c1cn(-c2ccccc2)nc1-c1ccc(Cl)cc1. The predicted molar refractivity (Wildman–Crippen MR) is 118 cm³/mol. The zero-order valence-corrected chi connectivity index (χ0v) is 17.5. The molecule has 0 aliphatic carbocycles. The Bertz CT molecular complexity index is 967. The van der Waals surface area contributed by atoms with Crippen LogP contribution in [0.3, 0.4) is 0 Å². The van der Waals surface area contributed by atoms with Crippen molar-refractivity contribution in [2.45, 2.75) is 6.42 Å². The van der Waals surface area contributed by atoms with Gasteiger partial charge in [-0.1, -0.05) is 41.9 Å². The first-order chi connectivity index (χ1) is 14.7. The van der Waals surface area contributed by atoms with Crippen LogP contribution in [0.2, 0.25) is 5.02 Å². The normalized spacial score (nSPS) is 14.6. The summed E-state index contributed by atoms with van der Waals surface area (Å²) in [4.78, 5) is 15.3. The maximum absolute atomic E-state index is 13.0. The van der Waals surface area contributed by atoms with E-state index in [0.717, 1.165) is 50.5 Å². The summed E-state index contributed by atoms with van der Waals surface area (Å²) in [5, 5.41) is 8.39. The summed E-state index contributed by atoms with van der Waals surface area (Å²) >= 11 is 6.03. The Morgan fingerprint density at radius 3 is 2.53 bits per heavy atom. The van der Waals surface area contributed by atoms with Gasteiger partial charge in [-0.15, -0.1) is 0 Å². The van der Waals surface area contributed by atoms with Gasteiger partial charge in [0, 0.05) is 36.4 Å². The van der Waals surface area contributed by atoms with Crippen molar-refractivity contribution in [2.75, 3.05) is 39.4 Å². The number of nitrogens with one attached hydrogen (secondary N) is 1. The molecule has 0 unspecified atom stereocenters. The van der Waals surface area contributed by atoms with Gasteiger partial charge in [0.25, 0.3) is 5.91 Å². The number of hydrogen-bond donors (Lipinski definition) is 1. The Morgan fingerprint density at radius 1 is 1.07 bits per heavy atom. The lowest BCUT2D eigenvalue weighted by Crippen LogP contribution is -2.38. The molecule has 0 atom stereocenters. The Kier molecular flexibility index (Phi) is 6.79. The number of rotatable bonds is 7. The van der Waals surface area contributed by atoms with Gasteiger partial charge in [0.05, 0.1) is 24.5 Å². The number of amides is 1. The molecule has 0 spiro atoms. The molecule has 1 aliphatic rings. The quantitative estimate of drug-likeness (QED) is 0.588. The van der Waals surface area contributed by atoms with E-state index in [2.05, 4.69) is 10.2 Å². The minimum Gasteiger partial charge on any atom is -0.379 e. The molecule has 1 amide bonds. The van der Waals surface area contributed by atoms with E-state index in [0.29, 0.717) is 22.8 Å². The second-order valence-corrected chi connectivity index (χ2v) is 7.68. The average molecular weight is 425 g/mol. The summed E-state index contributed by atoms with van der Waals surface area (Å²) < 4.78 is 7.12. The third kappa shape index (κ3) is 5.08. The zero-order valence-electron chi connectivity index (χ0n) is 16.8. The van der Waals surface area contributed by atoms with Crippen molar-refractivity contribution in [2.24, 2.45) is 0 Å². The first kappa shape index (κ1) is 20.6. The number of aromatic nitrogens is 2. The number of benzene rings is 2. The molecular formula is C23H25ClN4O2. The van der Waals surface area contributed by atoms with Crippen molar-refractivity contribution < 1.29 is 9.53 Å². The first-order valence-electron chi connectivity index (χ1n) is 10.2. The molecular weight excluding hydrogens is 400 g/mol. The fraction of sp³-hybridized carbons (Fsp3) is 0.304. The van der Waals surface area contributed by atoms with Gasteiger partial charge >= 0.3 is 0 Å². The molecule has 6 nitrogen and oxygen atoms in total. The summed E-state index contributed by atoms with van der Waals surface area (Å²) in [6, 6.07) is 17.2. The first-order valence-corrected chi connectivity index (χ1v) is 10.6. The van der Waals surface area contributed by atoms with E-state index in [1.165, 1.54) is 0 Å². The molecule has 4 rings (SSSR count). The van der Waals surface area contributed by atoms with Crippen molar-refractivity contribution in [1.29, 1.82) is 0 Å². The van der Waals surface area contributed by atoms with Gasteiger partial charge in [-0.2, -0.15) is 5.10 Å². The molecule has 156 valence electrons. The standard InChI is InChI=1S/C23H25ClN4O2/c24-19-9-7-18(8-10-19)22-21(17-28(26-22)20-5-2-1-3-6-20)23(29)25-11-4-12-27-13-15-30-16-14-27/h1-3,5-10,17H,4,11-16H2,(H,25,29). The highest BCUT2D eigenvalue weighted by molar-refractivity contribution is 6.30. The molecule has 0 saturated carbocycles. The molecule has 3 aromatic rings. The highest BCUT2D eigenvalue weighted by Crippen LogP contribution is 2.25. The second-order valence-electron chi connectivity index (χ2n) is 7.24. The smallest absolute Gasteiger partial charge is 0.255 e. The van der Waals surface area contributed by atoms with Gasteiger partial charge in [0.2, 0.25) is 0 Å². The predicted octanol–water partition coefficient (Wildman–Crippen LogP) is 3.64. The van der Waals surface area contributed by atoms with Crippen LogP contribution in [0.15, 0.2) is 60.8 Å². The van der Waals surface area contributed by atoms with Crippen LogP contribution < -0.4 is 5.32 Å². The lowest BCUT2D eigenvalue weighted by molar-refractivity contribution is 0.0374. The van der Waals surface area contributed by atoms with Gasteiger partial charge in [-0.05, 0) is 37.2 Å². The number of halogens is 1. The van der Waals surface area contributed by atoms with Crippen LogP contribution >= 0.6 is 11.6 Å². The van der Waals surface area contributed by atoms with Crippen LogP contribution in [0.1, 0.15) is 16.8 Å². The number of hydrogen-bond acceptors (Lipinski definition) is 4. The summed E-state index contributed by atoms with van der Waals surface area (Å²) in [5.41, 5.74) is 2.94. The fourth-order valence-corrected chi connectivity index (χ4v) is 3.62. The van der Waals surface area contributed by atoms with Gasteiger partial charge in [0.15, 0.2) is 0 Å². The Hall–Kier alpha value is -2.67. The summed E-state index contributed by atoms with van der Waals surface area (Å²) in [5.74, 6) is -0.121. The van der Waals surface area contributed by atoms with E-state index in [1.807, 2.05) is 54.6 Å². The molecule has 1 aromatic heterocycles. The van der Waals surface area contributed by atoms with E-state index < -0.39 is 0 Å². The second kappa shape index (κ2) is 9.89. The van der Waals surface area contributed by atoms with Crippen LogP contribution in [-0.4, -0.2) is 60.0 Å². The molecule has 2 aromatic carbocycles. The summed E-state index contributed by atoms with van der Waals surface area (Å²) in [7, 11) is 0. The lowest BCUT2D eigenvalue weighted by atomic mass is 10.1. The summed E-state index contributed by atoms with van der Waals surface area (Å²) in [6.45, 7) is 5.06. The number of nitrogens with zero attached hydrogens (tertiary/aromatic N) is 3. The minimum absolute atomic E-state index is 0.121. The fourth-order valence-electron chi connectivity index (χ4n) is 3.50. The van der Waals surface area contributed by atoms with Crippen LogP contribution in [0.25, 0.3) is 16.9 Å². The van der Waals surface area contributed by atoms with Crippen LogP contribution in [-0.2, 0) is 4.74 Å². The van der Waals surface area contributed by atoms with E-state index in [1.54, 1.807) is 10.9 Å². The number of carbonyl (C=O) groups is 1. The number of para-hydroxylation sites is 1. The van der Waals surface area contributed by atoms with Crippen LogP contribution in [0.4, 0.5) is 0 Å². The van der Waals surface area contributed by atoms with Gasteiger partial charge < -0.3 is 10.1 Å². The summed E-state index contributed by atoms with van der Waals surface area (Å²) in [6.07, 6.45) is 2.69. The third-order valence-corrected chi connectivity index (χ3v) is 5.39. The Balaban J connectivity index is 1.49. The van der Waals surface area contributed by atoms with Crippen molar-refractivity contribution >= 4 is 17.5 Å². The molecule has 30 heavy (non-hydrogen) atoms. The van der Waals surface area contributed by atoms with Crippen LogP contribution in [0, 0.1) is 0 Å². The highest BCUT2D eigenvalue weighted by Gasteiger charge is 2.19. The average Bonchev–Trinajstić information content (AvgIpc) is 3.24. The number of ether oxygens (including phenoxy) is 1. The molecule has 1 fully saturated rings. The number of carbonyl (C=O) groups excluding carboxylic acids is 1. The van der Waals surface area contributed by atoms with Gasteiger partial charge in [-0.25, -0.2) is 4.68 Å². The largest absolute Gasteiger partial charge is 0.379 e. The topological polar surface area (TPSA) is 59.4 Å². The van der Waals surface area contributed by atoms with Gasteiger partial charge in [-0.3, -0.25) is 9.69 Å². The third-order valence-electron chi connectivity index (χ3n) is 5.14. The minimum atomic E-state index is -0.121. The number of morpholine rings is 1. The Labute approximate surface area is 181 Å². The molecule has 0 bridgehead atoms. The van der Waals surface area contributed by atoms with Crippen LogP contribution in [0.5, 0.6) is 0 Å². The van der Waals surface area contributed by atoms with Crippen molar-refractivity contribution in [1.82, 2.24) is 20.0 Å². The van der Waals surface area contributed by atoms with E-state index in [4.69, 9.17) is 21.4 Å². The maximum atomic E-state index is 13.0. The maximum Gasteiger partial charge on any atom is 0.255 e. The van der Waals surface area contributed by atoms with E-state index in [-0.39, 0.29) is 5.91 Å². The molecule has 2 heterocycles. The lowest BCUT2D eigenvalue weighted by Gasteiger charge is -2.26. The molecule has 1 aliphatic heterocycles. The Morgan fingerprint density at radius 2 is 1.80 bits per heavy atom. The molecule has 0 radical (unpaired) electrons. The molecule has 7 heteroatoms. The monoisotopic (exact) mass is 424 g/mol. The molecule has 1 saturated heterocycles. The van der Waals surface area contributed by atoms with Gasteiger partial charge in [0.1, 0.15) is 5.69 Å². The zero-order chi connectivity index (χ0) is 20.8. The van der Waals surface area contributed by atoms with Crippen molar-refractivity contribution in [3.05, 3.63) is 71.4 Å². The van der Waals surface area contributed by atoms with E-state index >= 15 is 0 Å². The van der Waals surface area contributed by atoms with Crippen molar-refractivity contribution in [3.8, 4) is 16.9 Å². The van der Waals surface area contributed by atoms with E-state index in [9.17, 15) is 4.79 Å². The van der Waals surface area contributed by atoms with Crippen molar-refractivity contribution in [3.63, 3.8) is 0 Å². The highest BCUT2D eigenvalue weighted by atomic mass is 35.5. The molecule has 1 N–H and O–H groups in total.